The first kappa shape index (κ1) is 10.5. The van der Waals surface area contributed by atoms with Crippen molar-refractivity contribution in [1.29, 1.82) is 0 Å². The molecule has 2 aromatic rings. The third kappa shape index (κ3) is 2.11. The lowest BCUT2D eigenvalue weighted by molar-refractivity contribution is 0.711. The highest BCUT2D eigenvalue weighted by atomic mass is 14.6. The highest BCUT2D eigenvalue weighted by Gasteiger charge is 2.15. The van der Waals surface area contributed by atoms with Crippen LogP contribution >= 0.6 is 0 Å². The largest absolute Gasteiger partial charge is 0.327 e. The van der Waals surface area contributed by atoms with Crippen LogP contribution in [0.3, 0.4) is 0 Å². The standard InChI is InChI=1S/C16H17N/c17-15-9-8-12(11-15)10-14-6-3-5-13-4-1-2-7-16(13)14/h1-7,10,15H,8-9,11,17H2. The fourth-order valence-electron chi connectivity index (χ4n) is 2.64. The smallest absolute Gasteiger partial charge is 0.00792 e. The Labute approximate surface area is 102 Å². The number of rotatable bonds is 1. The van der Waals surface area contributed by atoms with E-state index in [4.69, 9.17) is 5.73 Å². The number of benzene rings is 2. The number of hydrogen-bond donors (Lipinski definition) is 1. The molecule has 1 atom stereocenters. The van der Waals surface area contributed by atoms with Crippen LogP contribution in [0.1, 0.15) is 24.8 Å². The molecule has 0 spiro atoms. The van der Waals surface area contributed by atoms with E-state index in [9.17, 15) is 0 Å². The minimum atomic E-state index is 0.372. The van der Waals surface area contributed by atoms with Gasteiger partial charge in [0.2, 0.25) is 0 Å². The summed E-state index contributed by atoms with van der Waals surface area (Å²) in [5.41, 5.74) is 8.77. The molecule has 1 aliphatic rings. The van der Waals surface area contributed by atoms with E-state index in [2.05, 4.69) is 48.5 Å². The lowest BCUT2D eigenvalue weighted by atomic mass is 10.0. The maximum Gasteiger partial charge on any atom is 0.00792 e. The van der Waals surface area contributed by atoms with Gasteiger partial charge in [0.05, 0.1) is 0 Å². The van der Waals surface area contributed by atoms with E-state index in [-0.39, 0.29) is 0 Å². The van der Waals surface area contributed by atoms with E-state index in [0.29, 0.717) is 6.04 Å². The SMILES string of the molecule is NC1CCC(=Cc2cccc3ccccc23)C1. The molecule has 1 heteroatoms. The topological polar surface area (TPSA) is 26.0 Å². The number of nitrogens with two attached hydrogens (primary N) is 1. The predicted molar refractivity (Wildman–Crippen MR) is 73.8 cm³/mol. The fraction of sp³-hybridized carbons (Fsp3) is 0.250. The van der Waals surface area contributed by atoms with Crippen LogP contribution in [0.4, 0.5) is 0 Å². The molecule has 0 heterocycles. The molecule has 0 bridgehead atoms. The Morgan fingerprint density at radius 2 is 1.88 bits per heavy atom. The third-order valence-corrected chi connectivity index (χ3v) is 3.54. The van der Waals surface area contributed by atoms with Gasteiger partial charge in [0.25, 0.3) is 0 Å². The van der Waals surface area contributed by atoms with E-state index in [1.807, 2.05) is 0 Å². The van der Waals surface area contributed by atoms with Gasteiger partial charge in [0.1, 0.15) is 0 Å². The maximum absolute atomic E-state index is 5.95. The van der Waals surface area contributed by atoms with Gasteiger partial charge in [0, 0.05) is 6.04 Å². The summed E-state index contributed by atoms with van der Waals surface area (Å²) in [6.45, 7) is 0. The molecule has 1 aliphatic carbocycles. The molecular weight excluding hydrogens is 206 g/mol. The summed E-state index contributed by atoms with van der Waals surface area (Å²) in [6, 6.07) is 15.4. The van der Waals surface area contributed by atoms with Gasteiger partial charge in [-0.2, -0.15) is 0 Å². The Morgan fingerprint density at radius 3 is 2.71 bits per heavy atom. The van der Waals surface area contributed by atoms with Crippen molar-refractivity contribution in [3.8, 4) is 0 Å². The van der Waals surface area contributed by atoms with E-state index >= 15 is 0 Å². The zero-order valence-electron chi connectivity index (χ0n) is 9.89. The maximum atomic E-state index is 5.95. The summed E-state index contributed by atoms with van der Waals surface area (Å²) in [6.07, 6.45) is 5.68. The van der Waals surface area contributed by atoms with Crippen molar-refractivity contribution in [3.05, 3.63) is 53.6 Å². The Bertz CT molecular complexity index is 563. The fourth-order valence-corrected chi connectivity index (χ4v) is 2.64. The van der Waals surface area contributed by atoms with Crippen molar-refractivity contribution < 1.29 is 0 Å². The monoisotopic (exact) mass is 223 g/mol. The molecule has 0 amide bonds. The van der Waals surface area contributed by atoms with Crippen LogP contribution in [0, 0.1) is 0 Å². The number of hydrogen-bond acceptors (Lipinski definition) is 1. The molecule has 17 heavy (non-hydrogen) atoms. The average molecular weight is 223 g/mol. The van der Waals surface area contributed by atoms with Crippen molar-refractivity contribution in [2.24, 2.45) is 5.73 Å². The van der Waals surface area contributed by atoms with Crippen molar-refractivity contribution in [3.63, 3.8) is 0 Å². The molecule has 0 saturated heterocycles. The Hall–Kier alpha value is -1.60. The van der Waals surface area contributed by atoms with Gasteiger partial charge in [-0.05, 0) is 35.6 Å². The van der Waals surface area contributed by atoms with Crippen LogP contribution < -0.4 is 5.73 Å². The molecule has 0 aliphatic heterocycles. The van der Waals surface area contributed by atoms with Crippen molar-refractivity contribution >= 4 is 16.8 Å². The molecule has 1 nitrogen and oxygen atoms in total. The van der Waals surface area contributed by atoms with E-state index in [1.54, 1.807) is 0 Å². The summed E-state index contributed by atoms with van der Waals surface area (Å²) in [5, 5.41) is 2.65. The normalized spacial score (nSPS) is 22.4. The Balaban J connectivity index is 2.06. The quantitative estimate of drug-likeness (QED) is 0.783. The average Bonchev–Trinajstić information content (AvgIpc) is 2.75. The first-order valence-corrected chi connectivity index (χ1v) is 6.26. The Morgan fingerprint density at radius 1 is 1.06 bits per heavy atom. The van der Waals surface area contributed by atoms with E-state index < -0.39 is 0 Å². The molecule has 2 aromatic carbocycles. The van der Waals surface area contributed by atoms with Gasteiger partial charge in [-0.25, -0.2) is 0 Å². The van der Waals surface area contributed by atoms with Crippen molar-refractivity contribution in [2.75, 3.05) is 0 Å². The lowest BCUT2D eigenvalue weighted by Crippen LogP contribution is -2.13. The summed E-state index contributed by atoms with van der Waals surface area (Å²) < 4.78 is 0. The molecule has 0 aromatic heterocycles. The van der Waals surface area contributed by atoms with Gasteiger partial charge in [0.15, 0.2) is 0 Å². The summed E-state index contributed by atoms with van der Waals surface area (Å²) in [7, 11) is 0. The second-order valence-corrected chi connectivity index (χ2v) is 4.87. The third-order valence-electron chi connectivity index (χ3n) is 3.54. The summed E-state index contributed by atoms with van der Waals surface area (Å²) in [5.74, 6) is 0. The minimum Gasteiger partial charge on any atom is -0.327 e. The van der Waals surface area contributed by atoms with Gasteiger partial charge < -0.3 is 5.73 Å². The molecule has 1 fully saturated rings. The van der Waals surface area contributed by atoms with Crippen LogP contribution in [-0.2, 0) is 0 Å². The van der Waals surface area contributed by atoms with Gasteiger partial charge in [-0.3, -0.25) is 0 Å². The van der Waals surface area contributed by atoms with Crippen molar-refractivity contribution in [1.82, 2.24) is 0 Å². The predicted octanol–water partition coefficient (Wildman–Crippen LogP) is 3.73. The van der Waals surface area contributed by atoms with Crippen molar-refractivity contribution in [2.45, 2.75) is 25.3 Å². The van der Waals surface area contributed by atoms with Crippen LogP contribution in [0.5, 0.6) is 0 Å². The summed E-state index contributed by atoms with van der Waals surface area (Å²) in [4.78, 5) is 0. The second kappa shape index (κ2) is 4.34. The first-order chi connectivity index (χ1) is 8.33. The zero-order chi connectivity index (χ0) is 11.7. The second-order valence-electron chi connectivity index (χ2n) is 4.87. The first-order valence-electron chi connectivity index (χ1n) is 6.26. The zero-order valence-corrected chi connectivity index (χ0v) is 9.89. The van der Waals surface area contributed by atoms with E-state index in [1.165, 1.54) is 21.9 Å². The molecule has 1 saturated carbocycles. The molecular formula is C16H17N. The summed E-state index contributed by atoms with van der Waals surface area (Å²) >= 11 is 0. The molecule has 0 radical (unpaired) electrons. The molecule has 3 rings (SSSR count). The van der Waals surface area contributed by atoms with Crippen LogP contribution in [-0.4, -0.2) is 6.04 Å². The Kier molecular flexibility index (Phi) is 2.69. The molecule has 1 unspecified atom stereocenters. The van der Waals surface area contributed by atoms with Gasteiger partial charge >= 0.3 is 0 Å². The van der Waals surface area contributed by atoms with Gasteiger partial charge in [-0.15, -0.1) is 0 Å². The van der Waals surface area contributed by atoms with Crippen LogP contribution in [0.25, 0.3) is 16.8 Å². The minimum absolute atomic E-state index is 0.372. The highest BCUT2D eigenvalue weighted by molar-refractivity contribution is 5.90. The van der Waals surface area contributed by atoms with Gasteiger partial charge in [-0.1, -0.05) is 54.1 Å². The van der Waals surface area contributed by atoms with Crippen LogP contribution in [0.15, 0.2) is 48.0 Å². The van der Waals surface area contributed by atoms with Crippen LogP contribution in [0.2, 0.25) is 0 Å². The van der Waals surface area contributed by atoms with E-state index in [0.717, 1.165) is 19.3 Å². The molecule has 86 valence electrons. The lowest BCUT2D eigenvalue weighted by Gasteiger charge is -2.03. The number of fused-ring (bicyclic) bond motifs is 1. The molecule has 2 N–H and O–H groups in total. The highest BCUT2D eigenvalue weighted by Crippen LogP contribution is 2.28.